The van der Waals surface area contributed by atoms with Crippen LogP contribution in [0.25, 0.3) is 16.6 Å². The molecule has 0 fully saturated rings. The van der Waals surface area contributed by atoms with E-state index in [0.717, 1.165) is 28.6 Å². The van der Waals surface area contributed by atoms with Crippen LogP contribution >= 0.6 is 0 Å². The molecule has 0 bridgehead atoms. The highest BCUT2D eigenvalue weighted by molar-refractivity contribution is 5.82. The number of rotatable bonds is 2. The second kappa shape index (κ2) is 5.15. The minimum Gasteiger partial charge on any atom is -0.307 e. The summed E-state index contributed by atoms with van der Waals surface area (Å²) in [5.74, 6) is 0. The van der Waals surface area contributed by atoms with E-state index < -0.39 is 0 Å². The number of aromatic nitrogens is 1. The molecule has 0 spiro atoms. The average Bonchev–Trinajstić information content (AvgIpc) is 2.88. The van der Waals surface area contributed by atoms with Gasteiger partial charge in [-0.1, -0.05) is 25.1 Å². The molecule has 0 saturated heterocycles. The van der Waals surface area contributed by atoms with Gasteiger partial charge in [0.05, 0.1) is 17.1 Å². The lowest BCUT2D eigenvalue weighted by Crippen LogP contribution is -1.88. The zero-order valence-electron chi connectivity index (χ0n) is 11.7. The molecule has 0 atom stereocenters. The number of pyridine rings is 1. The van der Waals surface area contributed by atoms with E-state index in [2.05, 4.69) is 19.1 Å². The summed E-state index contributed by atoms with van der Waals surface area (Å²) < 4.78 is 1.94. The van der Waals surface area contributed by atoms with Crippen LogP contribution in [-0.2, 0) is 6.42 Å². The fourth-order valence-corrected chi connectivity index (χ4v) is 2.77. The number of nitrogens with zero attached hydrogens (tertiary/aromatic N) is 3. The van der Waals surface area contributed by atoms with Gasteiger partial charge >= 0.3 is 0 Å². The van der Waals surface area contributed by atoms with Crippen molar-refractivity contribution in [3.63, 3.8) is 0 Å². The molecule has 3 nitrogen and oxygen atoms in total. The summed E-state index contributed by atoms with van der Waals surface area (Å²) in [5.41, 5.74) is 5.45. The molecule has 100 valence electrons. The van der Waals surface area contributed by atoms with E-state index in [-0.39, 0.29) is 0 Å². The Kier molecular flexibility index (Phi) is 3.18. The maximum atomic E-state index is 9.56. The number of hydrogen-bond acceptors (Lipinski definition) is 2. The van der Waals surface area contributed by atoms with Crippen molar-refractivity contribution in [1.29, 1.82) is 10.5 Å². The normalized spacial score (nSPS) is 10.2. The molecule has 3 rings (SSSR count). The molecule has 0 N–H and O–H groups in total. The summed E-state index contributed by atoms with van der Waals surface area (Å²) in [4.78, 5) is 0. The Hall–Kier alpha value is -3.04. The van der Waals surface area contributed by atoms with Crippen molar-refractivity contribution >= 4 is 5.52 Å². The smallest absolute Gasteiger partial charge is 0.133 e. The fourth-order valence-electron chi connectivity index (χ4n) is 2.77. The van der Waals surface area contributed by atoms with Crippen LogP contribution in [0.1, 0.15) is 23.7 Å². The Morgan fingerprint density at radius 1 is 1.00 bits per heavy atom. The average molecular weight is 271 g/mol. The van der Waals surface area contributed by atoms with Crippen LogP contribution in [0.2, 0.25) is 0 Å². The Morgan fingerprint density at radius 2 is 1.76 bits per heavy atom. The monoisotopic (exact) mass is 271 g/mol. The van der Waals surface area contributed by atoms with Crippen molar-refractivity contribution < 1.29 is 0 Å². The second-order valence-electron chi connectivity index (χ2n) is 4.81. The van der Waals surface area contributed by atoms with Crippen LogP contribution in [0.5, 0.6) is 0 Å². The van der Waals surface area contributed by atoms with Crippen molar-refractivity contribution in [3.8, 4) is 23.3 Å². The van der Waals surface area contributed by atoms with E-state index >= 15 is 0 Å². The summed E-state index contributed by atoms with van der Waals surface area (Å²) in [5, 5.41) is 18.5. The van der Waals surface area contributed by atoms with Crippen molar-refractivity contribution in [2.24, 2.45) is 0 Å². The third-order valence-electron chi connectivity index (χ3n) is 3.71. The first-order valence-corrected chi connectivity index (χ1v) is 6.82. The van der Waals surface area contributed by atoms with Gasteiger partial charge in [0.1, 0.15) is 11.8 Å². The van der Waals surface area contributed by atoms with Crippen LogP contribution < -0.4 is 0 Å². The molecule has 0 saturated carbocycles. The third kappa shape index (κ3) is 1.96. The van der Waals surface area contributed by atoms with Crippen LogP contribution in [0.15, 0.2) is 48.7 Å². The van der Waals surface area contributed by atoms with Gasteiger partial charge in [-0.2, -0.15) is 10.5 Å². The van der Waals surface area contributed by atoms with Crippen molar-refractivity contribution in [3.05, 3.63) is 65.5 Å². The maximum absolute atomic E-state index is 9.56. The van der Waals surface area contributed by atoms with Gasteiger partial charge in [-0.25, -0.2) is 0 Å². The highest BCUT2D eigenvalue weighted by Gasteiger charge is 2.17. The van der Waals surface area contributed by atoms with E-state index in [1.54, 1.807) is 12.1 Å². The first kappa shape index (κ1) is 13.0. The van der Waals surface area contributed by atoms with E-state index in [4.69, 9.17) is 5.26 Å². The fraction of sp³-hybridized carbons (Fsp3) is 0.111. The molecule has 1 aromatic carbocycles. The molecule has 2 aromatic heterocycles. The van der Waals surface area contributed by atoms with Gasteiger partial charge in [-0.05, 0) is 41.8 Å². The molecule has 3 heteroatoms. The number of aryl methyl sites for hydroxylation is 1. The molecule has 2 heterocycles. The van der Waals surface area contributed by atoms with Crippen molar-refractivity contribution in [2.45, 2.75) is 13.3 Å². The molecule has 21 heavy (non-hydrogen) atoms. The van der Waals surface area contributed by atoms with E-state index in [0.29, 0.717) is 11.3 Å². The quantitative estimate of drug-likeness (QED) is 0.709. The van der Waals surface area contributed by atoms with Gasteiger partial charge in [-0.15, -0.1) is 0 Å². The van der Waals surface area contributed by atoms with Crippen LogP contribution in [-0.4, -0.2) is 4.40 Å². The van der Waals surface area contributed by atoms with Gasteiger partial charge in [0.2, 0.25) is 0 Å². The standard InChI is InChI=1S/C18H13N3/c1-2-15-16-5-3-4-10-21(16)17(12-20)18(15)14-8-6-13(11-19)7-9-14/h3-10H,2H2,1H3. The Balaban J connectivity index is 2.35. The van der Waals surface area contributed by atoms with E-state index in [1.807, 2.05) is 40.9 Å². The van der Waals surface area contributed by atoms with Gasteiger partial charge in [-0.3, -0.25) is 0 Å². The third-order valence-corrected chi connectivity index (χ3v) is 3.71. The minimum atomic E-state index is 0.624. The molecule has 0 unspecified atom stereocenters. The number of nitriles is 2. The molecule has 0 amide bonds. The van der Waals surface area contributed by atoms with Crippen LogP contribution in [0.3, 0.4) is 0 Å². The van der Waals surface area contributed by atoms with Gasteiger partial charge < -0.3 is 4.40 Å². The zero-order chi connectivity index (χ0) is 14.8. The summed E-state index contributed by atoms with van der Waals surface area (Å²) >= 11 is 0. The van der Waals surface area contributed by atoms with Crippen LogP contribution in [0.4, 0.5) is 0 Å². The highest BCUT2D eigenvalue weighted by atomic mass is 14.9. The topological polar surface area (TPSA) is 52.0 Å². The van der Waals surface area contributed by atoms with Gasteiger partial charge in [0.15, 0.2) is 0 Å². The predicted molar refractivity (Wildman–Crippen MR) is 81.6 cm³/mol. The lowest BCUT2D eigenvalue weighted by Gasteiger charge is -2.03. The summed E-state index contributed by atoms with van der Waals surface area (Å²) in [7, 11) is 0. The number of benzene rings is 1. The molecular weight excluding hydrogens is 258 g/mol. The largest absolute Gasteiger partial charge is 0.307 e. The minimum absolute atomic E-state index is 0.624. The number of hydrogen-bond donors (Lipinski definition) is 0. The molecule has 0 radical (unpaired) electrons. The summed E-state index contributed by atoms with van der Waals surface area (Å²) in [6.07, 6.45) is 2.77. The first-order chi connectivity index (χ1) is 10.3. The second-order valence-corrected chi connectivity index (χ2v) is 4.81. The van der Waals surface area contributed by atoms with Crippen molar-refractivity contribution in [1.82, 2.24) is 4.40 Å². The van der Waals surface area contributed by atoms with E-state index in [1.165, 1.54) is 0 Å². The number of fused-ring (bicyclic) bond motifs is 1. The molecule has 0 aliphatic heterocycles. The Morgan fingerprint density at radius 3 is 2.38 bits per heavy atom. The van der Waals surface area contributed by atoms with Crippen molar-refractivity contribution in [2.75, 3.05) is 0 Å². The lowest BCUT2D eigenvalue weighted by atomic mass is 9.98. The van der Waals surface area contributed by atoms with Crippen LogP contribution in [0, 0.1) is 22.7 Å². The first-order valence-electron chi connectivity index (χ1n) is 6.82. The molecular formula is C18H13N3. The molecule has 0 aliphatic rings. The maximum Gasteiger partial charge on any atom is 0.133 e. The Bertz CT molecular complexity index is 887. The predicted octanol–water partition coefficient (Wildman–Crippen LogP) is 3.91. The summed E-state index contributed by atoms with van der Waals surface area (Å²) in [6.45, 7) is 2.09. The SMILES string of the molecule is CCc1c(-c2ccc(C#N)cc2)c(C#N)n2ccccc12. The van der Waals surface area contributed by atoms with Gasteiger partial charge in [0, 0.05) is 11.8 Å². The van der Waals surface area contributed by atoms with E-state index in [9.17, 15) is 5.26 Å². The Labute approximate surface area is 123 Å². The summed E-state index contributed by atoms with van der Waals surface area (Å²) in [6, 6.07) is 17.8. The highest BCUT2D eigenvalue weighted by Crippen LogP contribution is 2.33. The molecule has 3 aromatic rings. The van der Waals surface area contributed by atoms with Gasteiger partial charge in [0.25, 0.3) is 0 Å². The zero-order valence-corrected chi connectivity index (χ0v) is 11.7. The lowest BCUT2D eigenvalue weighted by molar-refractivity contribution is 1.14. The molecule has 0 aliphatic carbocycles.